The summed E-state index contributed by atoms with van der Waals surface area (Å²) in [4.78, 5) is 28.2. The maximum absolute atomic E-state index is 12.1. The van der Waals surface area contributed by atoms with E-state index in [0.29, 0.717) is 6.54 Å². The summed E-state index contributed by atoms with van der Waals surface area (Å²) in [5.74, 6) is 0.00822. The zero-order valence-electron chi connectivity index (χ0n) is 13.6. The predicted molar refractivity (Wildman–Crippen MR) is 83.7 cm³/mol. The fourth-order valence-electron chi connectivity index (χ4n) is 2.91. The molecular weight excluding hydrogens is 284 g/mol. The van der Waals surface area contributed by atoms with Gasteiger partial charge in [-0.25, -0.2) is 4.79 Å². The number of rotatable bonds is 5. The number of hydrogen-bond donors (Lipinski definition) is 2. The first kappa shape index (κ1) is 17.0. The normalized spacial score (nSPS) is 22.2. The van der Waals surface area contributed by atoms with Gasteiger partial charge in [-0.1, -0.05) is 0 Å². The van der Waals surface area contributed by atoms with Gasteiger partial charge < -0.3 is 20.3 Å². The molecule has 0 bridgehead atoms. The third-order valence-electron chi connectivity index (χ3n) is 4.36. The molecule has 0 aromatic heterocycles. The van der Waals surface area contributed by atoms with Crippen LogP contribution in [0.4, 0.5) is 4.79 Å². The Bertz CT molecular complexity index is 379. The highest BCUT2D eigenvalue weighted by atomic mass is 16.5. The predicted octanol–water partition coefficient (Wildman–Crippen LogP) is 0.0172. The van der Waals surface area contributed by atoms with E-state index in [1.165, 1.54) is 0 Å². The van der Waals surface area contributed by atoms with Crippen LogP contribution in [-0.2, 0) is 9.53 Å². The minimum atomic E-state index is -0.475. The molecule has 2 aliphatic heterocycles. The van der Waals surface area contributed by atoms with Crippen LogP contribution in [0.25, 0.3) is 0 Å². The van der Waals surface area contributed by atoms with E-state index in [2.05, 4.69) is 22.5 Å². The molecule has 7 heteroatoms. The summed E-state index contributed by atoms with van der Waals surface area (Å²) >= 11 is 0. The smallest absolute Gasteiger partial charge is 0.315 e. The Morgan fingerprint density at radius 1 is 1.09 bits per heavy atom. The quantitative estimate of drug-likeness (QED) is 0.750. The molecule has 2 N–H and O–H groups in total. The number of likely N-dealkylation sites (tertiary alicyclic amines) is 1. The minimum absolute atomic E-state index is 0.00822. The van der Waals surface area contributed by atoms with Crippen molar-refractivity contribution in [3.05, 3.63) is 0 Å². The molecule has 2 aliphatic rings. The van der Waals surface area contributed by atoms with Crippen molar-refractivity contribution in [1.29, 1.82) is 0 Å². The molecule has 7 nitrogen and oxygen atoms in total. The van der Waals surface area contributed by atoms with Crippen molar-refractivity contribution in [3.63, 3.8) is 0 Å². The maximum Gasteiger partial charge on any atom is 0.315 e. The Kier molecular flexibility index (Phi) is 6.45. The van der Waals surface area contributed by atoms with Gasteiger partial charge in [0.25, 0.3) is 0 Å². The summed E-state index contributed by atoms with van der Waals surface area (Å²) in [5, 5.41) is 5.58. The second-order valence-corrected chi connectivity index (χ2v) is 6.11. The number of urea groups is 1. The number of morpholine rings is 1. The summed E-state index contributed by atoms with van der Waals surface area (Å²) in [7, 11) is 0. The van der Waals surface area contributed by atoms with Crippen molar-refractivity contribution in [2.75, 3.05) is 45.9 Å². The third kappa shape index (κ3) is 4.84. The largest absolute Gasteiger partial charge is 0.379 e. The number of carbonyl (C=O) groups is 2. The van der Waals surface area contributed by atoms with Crippen LogP contribution in [0, 0.1) is 0 Å². The lowest BCUT2D eigenvalue weighted by molar-refractivity contribution is -0.131. The molecule has 0 aromatic rings. The van der Waals surface area contributed by atoms with Crippen molar-refractivity contribution in [2.24, 2.45) is 0 Å². The highest BCUT2D eigenvalue weighted by molar-refractivity contribution is 5.86. The number of hydrogen-bond acceptors (Lipinski definition) is 4. The molecule has 2 heterocycles. The summed E-state index contributed by atoms with van der Waals surface area (Å²) in [6, 6.07) is -0.490. The van der Waals surface area contributed by atoms with Crippen molar-refractivity contribution in [3.8, 4) is 0 Å². The Hall–Kier alpha value is -1.34. The lowest BCUT2D eigenvalue weighted by atomic mass is 10.2. The molecule has 2 atom stereocenters. The Morgan fingerprint density at radius 2 is 1.73 bits per heavy atom. The molecule has 0 unspecified atom stereocenters. The van der Waals surface area contributed by atoms with Crippen LogP contribution in [0.2, 0.25) is 0 Å². The van der Waals surface area contributed by atoms with Gasteiger partial charge in [0, 0.05) is 38.8 Å². The lowest BCUT2D eigenvalue weighted by Gasteiger charge is -2.32. The molecule has 0 saturated carbocycles. The van der Waals surface area contributed by atoms with Crippen LogP contribution in [0.3, 0.4) is 0 Å². The van der Waals surface area contributed by atoms with E-state index in [1.54, 1.807) is 6.92 Å². The fraction of sp³-hybridized carbons (Fsp3) is 0.867. The van der Waals surface area contributed by atoms with Gasteiger partial charge in [-0.05, 0) is 26.7 Å². The van der Waals surface area contributed by atoms with E-state index in [4.69, 9.17) is 4.74 Å². The van der Waals surface area contributed by atoms with Gasteiger partial charge >= 0.3 is 6.03 Å². The molecule has 0 spiro atoms. The van der Waals surface area contributed by atoms with E-state index in [1.807, 2.05) is 4.90 Å². The molecule has 2 rings (SSSR count). The Balaban J connectivity index is 1.67. The topological polar surface area (TPSA) is 73.9 Å². The summed E-state index contributed by atoms with van der Waals surface area (Å²) in [6.07, 6.45) is 2.11. The van der Waals surface area contributed by atoms with E-state index < -0.39 is 6.04 Å². The zero-order chi connectivity index (χ0) is 15.9. The summed E-state index contributed by atoms with van der Waals surface area (Å²) in [6.45, 7) is 9.30. The molecule has 22 heavy (non-hydrogen) atoms. The van der Waals surface area contributed by atoms with Crippen LogP contribution in [-0.4, -0.2) is 79.8 Å². The molecule has 126 valence electrons. The first-order valence-corrected chi connectivity index (χ1v) is 8.23. The minimum Gasteiger partial charge on any atom is -0.379 e. The first-order chi connectivity index (χ1) is 10.6. The molecule has 0 aromatic carbocycles. The molecule has 2 saturated heterocycles. The number of carbonyl (C=O) groups excluding carboxylic acids is 2. The van der Waals surface area contributed by atoms with Crippen LogP contribution in [0.1, 0.15) is 26.7 Å². The van der Waals surface area contributed by atoms with E-state index >= 15 is 0 Å². The SMILES string of the molecule is C[C@H](CNC(=O)N[C@H](C)C(=O)N1CCCC1)N1CCOCC1. The van der Waals surface area contributed by atoms with Gasteiger partial charge in [-0.2, -0.15) is 0 Å². The van der Waals surface area contributed by atoms with Crippen LogP contribution in [0.5, 0.6) is 0 Å². The second kappa shape index (κ2) is 8.33. The second-order valence-electron chi connectivity index (χ2n) is 6.11. The average molecular weight is 312 g/mol. The van der Waals surface area contributed by atoms with Crippen molar-refractivity contribution in [1.82, 2.24) is 20.4 Å². The molecular formula is C15H28N4O3. The van der Waals surface area contributed by atoms with Crippen LogP contribution in [0.15, 0.2) is 0 Å². The Labute approximate surface area is 132 Å². The summed E-state index contributed by atoms with van der Waals surface area (Å²) in [5.41, 5.74) is 0. The average Bonchev–Trinajstić information content (AvgIpc) is 3.07. The Morgan fingerprint density at radius 3 is 2.36 bits per heavy atom. The van der Waals surface area contributed by atoms with Crippen LogP contribution < -0.4 is 10.6 Å². The number of ether oxygens (including phenoxy) is 1. The molecule has 0 aliphatic carbocycles. The van der Waals surface area contributed by atoms with Gasteiger partial charge in [0.1, 0.15) is 6.04 Å². The van der Waals surface area contributed by atoms with Crippen molar-refractivity contribution in [2.45, 2.75) is 38.8 Å². The number of amides is 3. The van der Waals surface area contributed by atoms with Crippen LogP contribution >= 0.6 is 0 Å². The first-order valence-electron chi connectivity index (χ1n) is 8.23. The van der Waals surface area contributed by atoms with E-state index in [-0.39, 0.29) is 18.0 Å². The monoisotopic (exact) mass is 312 g/mol. The molecule has 2 fully saturated rings. The third-order valence-corrected chi connectivity index (χ3v) is 4.36. The lowest BCUT2D eigenvalue weighted by Crippen LogP contribution is -2.52. The van der Waals surface area contributed by atoms with Gasteiger partial charge in [0.2, 0.25) is 5.91 Å². The number of nitrogens with zero attached hydrogens (tertiary/aromatic N) is 2. The van der Waals surface area contributed by atoms with Crippen molar-refractivity contribution < 1.29 is 14.3 Å². The van der Waals surface area contributed by atoms with Gasteiger partial charge in [-0.3, -0.25) is 9.69 Å². The van der Waals surface area contributed by atoms with Gasteiger partial charge in [0.05, 0.1) is 13.2 Å². The fourth-order valence-corrected chi connectivity index (χ4v) is 2.91. The maximum atomic E-state index is 12.1. The van der Waals surface area contributed by atoms with E-state index in [9.17, 15) is 9.59 Å². The molecule has 3 amide bonds. The standard InChI is InChI=1S/C15H28N4O3/c1-12(18-7-9-22-10-8-18)11-16-15(21)17-13(2)14(20)19-5-3-4-6-19/h12-13H,3-11H2,1-2H3,(H2,16,17,21)/t12-,13-/m1/s1. The number of nitrogens with one attached hydrogen (secondary N) is 2. The zero-order valence-corrected chi connectivity index (χ0v) is 13.6. The summed E-state index contributed by atoms with van der Waals surface area (Å²) < 4.78 is 5.32. The van der Waals surface area contributed by atoms with Gasteiger partial charge in [-0.15, -0.1) is 0 Å². The highest BCUT2D eigenvalue weighted by Gasteiger charge is 2.24. The van der Waals surface area contributed by atoms with Crippen molar-refractivity contribution >= 4 is 11.9 Å². The van der Waals surface area contributed by atoms with E-state index in [0.717, 1.165) is 52.2 Å². The molecule has 0 radical (unpaired) electrons. The van der Waals surface area contributed by atoms with Gasteiger partial charge in [0.15, 0.2) is 0 Å². The highest BCUT2D eigenvalue weighted by Crippen LogP contribution is 2.09.